The van der Waals surface area contributed by atoms with Gasteiger partial charge >= 0.3 is 0 Å². The summed E-state index contributed by atoms with van der Waals surface area (Å²) in [5, 5.41) is 0. The summed E-state index contributed by atoms with van der Waals surface area (Å²) in [5.74, 6) is 1.85. The molecular formula is C12H17NO. The van der Waals surface area contributed by atoms with Crippen LogP contribution in [0.2, 0.25) is 0 Å². The minimum atomic E-state index is 0.802. The van der Waals surface area contributed by atoms with E-state index in [2.05, 4.69) is 11.8 Å². The smallest absolute Gasteiger partial charge is 0.119 e. The Kier molecular flexibility index (Phi) is 3.04. The Balaban J connectivity index is 1.64. The van der Waals surface area contributed by atoms with Crippen LogP contribution in [0.15, 0.2) is 30.3 Å². The average Bonchev–Trinajstić information content (AvgIpc) is 2.17. The van der Waals surface area contributed by atoms with E-state index >= 15 is 0 Å². The van der Waals surface area contributed by atoms with E-state index in [9.17, 15) is 0 Å². The van der Waals surface area contributed by atoms with Gasteiger partial charge in [0.25, 0.3) is 0 Å². The number of rotatable bonds is 4. The van der Waals surface area contributed by atoms with Crippen molar-refractivity contribution < 1.29 is 4.74 Å². The quantitative estimate of drug-likeness (QED) is 0.722. The molecule has 0 aromatic heterocycles. The maximum atomic E-state index is 5.61. The molecule has 2 heteroatoms. The number of nitrogens with zero attached hydrogens (tertiary/aromatic N) is 1. The molecule has 0 atom stereocenters. The molecule has 0 bridgehead atoms. The van der Waals surface area contributed by atoms with Gasteiger partial charge in [0.2, 0.25) is 0 Å². The van der Waals surface area contributed by atoms with Gasteiger partial charge in [-0.2, -0.15) is 0 Å². The summed E-state index contributed by atoms with van der Waals surface area (Å²) in [7, 11) is 0. The highest BCUT2D eigenvalue weighted by Crippen LogP contribution is 2.14. The van der Waals surface area contributed by atoms with Gasteiger partial charge < -0.3 is 4.74 Å². The molecule has 14 heavy (non-hydrogen) atoms. The van der Waals surface area contributed by atoms with Crippen molar-refractivity contribution in [3.05, 3.63) is 30.3 Å². The number of ether oxygens (including phenoxy) is 1. The third kappa shape index (κ3) is 2.48. The van der Waals surface area contributed by atoms with E-state index in [1.54, 1.807) is 0 Å². The molecule has 0 N–H and O–H groups in total. The van der Waals surface area contributed by atoms with Crippen LogP contribution < -0.4 is 4.74 Å². The fourth-order valence-electron chi connectivity index (χ4n) is 1.82. The van der Waals surface area contributed by atoms with Gasteiger partial charge in [0, 0.05) is 19.6 Å². The first-order chi connectivity index (χ1) is 6.84. The van der Waals surface area contributed by atoms with Crippen molar-refractivity contribution in [1.29, 1.82) is 0 Å². The predicted molar refractivity (Wildman–Crippen MR) is 57.5 cm³/mol. The topological polar surface area (TPSA) is 12.5 Å². The van der Waals surface area contributed by atoms with Crippen LogP contribution in [0.4, 0.5) is 0 Å². The summed E-state index contributed by atoms with van der Waals surface area (Å²) in [6, 6.07) is 10.0. The second-order valence-corrected chi connectivity index (χ2v) is 4.03. The zero-order chi connectivity index (χ0) is 9.80. The number of benzene rings is 1. The van der Waals surface area contributed by atoms with Crippen LogP contribution in [0.25, 0.3) is 0 Å². The third-order valence-corrected chi connectivity index (χ3v) is 2.56. The molecule has 2 nitrogen and oxygen atoms in total. The summed E-state index contributed by atoms with van der Waals surface area (Å²) < 4.78 is 5.61. The van der Waals surface area contributed by atoms with Crippen molar-refractivity contribution in [2.45, 2.75) is 6.92 Å². The van der Waals surface area contributed by atoms with Crippen LogP contribution in [0.3, 0.4) is 0 Å². The van der Waals surface area contributed by atoms with Crippen molar-refractivity contribution >= 4 is 0 Å². The maximum absolute atomic E-state index is 5.61. The van der Waals surface area contributed by atoms with E-state index in [1.807, 2.05) is 30.3 Å². The standard InChI is InChI=1S/C12H17NO/c1-11-9-13(10-11)7-8-14-12-5-3-2-4-6-12/h2-6,11H,7-10H2,1H3. The molecule has 0 spiro atoms. The minimum absolute atomic E-state index is 0.802. The molecule has 1 aromatic carbocycles. The van der Waals surface area contributed by atoms with Gasteiger partial charge in [0.15, 0.2) is 0 Å². The summed E-state index contributed by atoms with van der Waals surface area (Å²) >= 11 is 0. The van der Waals surface area contributed by atoms with Crippen LogP contribution in [0, 0.1) is 5.92 Å². The Morgan fingerprint density at radius 3 is 2.64 bits per heavy atom. The van der Waals surface area contributed by atoms with Crippen LogP contribution >= 0.6 is 0 Å². The first-order valence-corrected chi connectivity index (χ1v) is 5.25. The third-order valence-electron chi connectivity index (χ3n) is 2.56. The van der Waals surface area contributed by atoms with Gasteiger partial charge in [-0.15, -0.1) is 0 Å². The average molecular weight is 191 g/mol. The highest BCUT2D eigenvalue weighted by atomic mass is 16.5. The molecule has 1 aromatic rings. The van der Waals surface area contributed by atoms with Crippen molar-refractivity contribution in [2.75, 3.05) is 26.2 Å². The molecule has 0 saturated carbocycles. The highest BCUT2D eigenvalue weighted by molar-refractivity contribution is 5.20. The lowest BCUT2D eigenvalue weighted by Crippen LogP contribution is -2.46. The fraction of sp³-hybridized carbons (Fsp3) is 0.500. The van der Waals surface area contributed by atoms with Gasteiger partial charge in [-0.05, 0) is 18.1 Å². The maximum Gasteiger partial charge on any atom is 0.119 e. The van der Waals surface area contributed by atoms with E-state index in [4.69, 9.17) is 4.74 Å². The van der Waals surface area contributed by atoms with Crippen LogP contribution in [-0.2, 0) is 0 Å². The second kappa shape index (κ2) is 4.47. The molecule has 1 aliphatic heterocycles. The Morgan fingerprint density at radius 1 is 1.29 bits per heavy atom. The first kappa shape index (κ1) is 9.53. The molecule has 1 saturated heterocycles. The number of hydrogen-bond donors (Lipinski definition) is 0. The van der Waals surface area contributed by atoms with E-state index < -0.39 is 0 Å². The number of para-hydroxylation sites is 1. The van der Waals surface area contributed by atoms with E-state index in [1.165, 1.54) is 13.1 Å². The Hall–Kier alpha value is -1.02. The Bertz CT molecular complexity index is 267. The molecule has 1 heterocycles. The van der Waals surface area contributed by atoms with E-state index in [0.717, 1.165) is 24.8 Å². The van der Waals surface area contributed by atoms with Crippen molar-refractivity contribution in [2.24, 2.45) is 5.92 Å². The zero-order valence-corrected chi connectivity index (χ0v) is 8.65. The molecule has 2 rings (SSSR count). The fourth-order valence-corrected chi connectivity index (χ4v) is 1.82. The monoisotopic (exact) mass is 191 g/mol. The van der Waals surface area contributed by atoms with Crippen LogP contribution in [0.1, 0.15) is 6.92 Å². The van der Waals surface area contributed by atoms with E-state index in [-0.39, 0.29) is 0 Å². The van der Waals surface area contributed by atoms with Gasteiger partial charge in [-0.1, -0.05) is 25.1 Å². The summed E-state index contributed by atoms with van der Waals surface area (Å²) in [5.41, 5.74) is 0. The van der Waals surface area contributed by atoms with Crippen molar-refractivity contribution in [1.82, 2.24) is 4.90 Å². The first-order valence-electron chi connectivity index (χ1n) is 5.25. The lowest BCUT2D eigenvalue weighted by molar-refractivity contribution is 0.0932. The summed E-state index contributed by atoms with van der Waals surface area (Å²) in [4.78, 5) is 2.42. The molecule has 1 aliphatic rings. The largest absolute Gasteiger partial charge is 0.492 e. The number of likely N-dealkylation sites (tertiary alicyclic amines) is 1. The number of hydrogen-bond acceptors (Lipinski definition) is 2. The van der Waals surface area contributed by atoms with Gasteiger partial charge in [-0.3, -0.25) is 4.90 Å². The summed E-state index contributed by atoms with van der Waals surface area (Å²) in [6.45, 7) is 6.61. The normalized spacial score (nSPS) is 17.8. The van der Waals surface area contributed by atoms with Gasteiger partial charge in [0.05, 0.1) is 0 Å². The lowest BCUT2D eigenvalue weighted by Gasteiger charge is -2.36. The van der Waals surface area contributed by atoms with Crippen molar-refractivity contribution in [3.63, 3.8) is 0 Å². The van der Waals surface area contributed by atoms with Crippen molar-refractivity contribution in [3.8, 4) is 5.75 Å². The summed E-state index contributed by atoms with van der Waals surface area (Å²) in [6.07, 6.45) is 0. The van der Waals surface area contributed by atoms with Gasteiger partial charge in [-0.25, -0.2) is 0 Å². The SMILES string of the molecule is CC1CN(CCOc2ccccc2)C1. The second-order valence-electron chi connectivity index (χ2n) is 4.03. The van der Waals surface area contributed by atoms with Crippen LogP contribution in [-0.4, -0.2) is 31.1 Å². The minimum Gasteiger partial charge on any atom is -0.492 e. The Labute approximate surface area is 85.5 Å². The highest BCUT2D eigenvalue weighted by Gasteiger charge is 2.21. The molecular weight excluding hydrogens is 174 g/mol. The lowest BCUT2D eigenvalue weighted by atomic mass is 10.0. The molecule has 0 radical (unpaired) electrons. The molecule has 76 valence electrons. The predicted octanol–water partition coefficient (Wildman–Crippen LogP) is 2.02. The molecule has 0 unspecified atom stereocenters. The zero-order valence-electron chi connectivity index (χ0n) is 8.65. The van der Waals surface area contributed by atoms with Crippen LogP contribution in [0.5, 0.6) is 5.75 Å². The molecule has 1 fully saturated rings. The Morgan fingerprint density at radius 2 is 2.00 bits per heavy atom. The van der Waals surface area contributed by atoms with Gasteiger partial charge in [0.1, 0.15) is 12.4 Å². The molecule has 0 aliphatic carbocycles. The molecule has 0 amide bonds. The van der Waals surface area contributed by atoms with E-state index in [0.29, 0.717) is 0 Å².